The number of allylic oxidation sites excluding steroid dienone is 1. The fraction of sp³-hybridized carbons (Fsp3) is 0.242. The number of carbonyl (C=O) groups excluding carboxylic acids is 1. The van der Waals surface area contributed by atoms with Crippen molar-refractivity contribution in [2.24, 2.45) is 4.99 Å². The number of fused-ring (bicyclic) bond motifs is 1. The molecule has 5 rings (SSSR count). The van der Waals surface area contributed by atoms with Gasteiger partial charge in [-0.3, -0.25) is 9.36 Å². The lowest BCUT2D eigenvalue weighted by Gasteiger charge is -2.24. The van der Waals surface area contributed by atoms with Gasteiger partial charge < -0.3 is 18.9 Å². The quantitative estimate of drug-likeness (QED) is 0.211. The number of esters is 1. The summed E-state index contributed by atoms with van der Waals surface area (Å²) in [6.45, 7) is 5.77. The highest BCUT2D eigenvalue weighted by molar-refractivity contribution is 7.07. The van der Waals surface area contributed by atoms with Crippen LogP contribution < -0.4 is 29.1 Å². The standard InChI is InChI=1S/C33H30ClFN2O6S/c1-5-41-27-16-20(10-15-26(27)43-18-23-24(34)8-7-9-25(23)35)17-28-31(38)37-30(21-11-13-22(40-4)14-12-21)29(32(39)42-6-2)19(3)36-33(37)44-28/h7-17,30H,5-6,18H2,1-4H3. The summed E-state index contributed by atoms with van der Waals surface area (Å²) in [7, 11) is 1.57. The van der Waals surface area contributed by atoms with E-state index in [9.17, 15) is 14.0 Å². The number of halogens is 2. The molecule has 8 nitrogen and oxygen atoms in total. The number of hydrogen-bond acceptors (Lipinski definition) is 8. The number of methoxy groups -OCH3 is 1. The molecule has 4 aromatic rings. The smallest absolute Gasteiger partial charge is 0.338 e. The molecular formula is C33H30ClFN2O6S. The zero-order chi connectivity index (χ0) is 31.4. The van der Waals surface area contributed by atoms with Crippen LogP contribution in [0, 0.1) is 5.82 Å². The van der Waals surface area contributed by atoms with E-state index in [0.717, 1.165) is 0 Å². The minimum absolute atomic E-state index is 0.0863. The largest absolute Gasteiger partial charge is 0.497 e. The van der Waals surface area contributed by atoms with E-state index in [1.165, 1.54) is 28.0 Å². The second kappa shape index (κ2) is 13.5. The first kappa shape index (κ1) is 31.0. The van der Waals surface area contributed by atoms with Crippen molar-refractivity contribution < 1.29 is 28.1 Å². The molecule has 0 saturated heterocycles. The van der Waals surface area contributed by atoms with Crippen LogP contribution in [0.4, 0.5) is 4.39 Å². The second-order valence-corrected chi connectivity index (χ2v) is 11.1. The minimum atomic E-state index is -0.738. The van der Waals surface area contributed by atoms with Crippen molar-refractivity contribution >= 4 is 35.0 Å². The van der Waals surface area contributed by atoms with Gasteiger partial charge in [-0.15, -0.1) is 0 Å². The summed E-state index contributed by atoms with van der Waals surface area (Å²) >= 11 is 7.37. The second-order valence-electron chi connectivity index (χ2n) is 9.70. The Hall–Kier alpha value is -4.41. The molecule has 44 heavy (non-hydrogen) atoms. The van der Waals surface area contributed by atoms with Crippen molar-refractivity contribution in [3.05, 3.63) is 119 Å². The maximum absolute atomic E-state index is 14.3. The molecule has 0 saturated carbocycles. The molecule has 0 bridgehead atoms. The first-order chi connectivity index (χ1) is 21.2. The number of nitrogens with zero attached hydrogens (tertiary/aromatic N) is 2. The molecule has 2 heterocycles. The van der Waals surface area contributed by atoms with Gasteiger partial charge in [0.1, 0.15) is 18.2 Å². The monoisotopic (exact) mass is 636 g/mol. The molecule has 0 amide bonds. The molecule has 1 aliphatic heterocycles. The molecule has 228 valence electrons. The molecule has 3 aromatic carbocycles. The topological polar surface area (TPSA) is 88.4 Å². The summed E-state index contributed by atoms with van der Waals surface area (Å²) in [4.78, 5) is 32.1. The number of rotatable bonds is 10. The highest BCUT2D eigenvalue weighted by Gasteiger charge is 2.33. The molecule has 0 N–H and O–H groups in total. The molecule has 0 aliphatic carbocycles. The molecule has 0 fully saturated rings. The van der Waals surface area contributed by atoms with Crippen LogP contribution in [-0.2, 0) is 16.1 Å². The molecule has 1 aromatic heterocycles. The molecular weight excluding hydrogens is 607 g/mol. The van der Waals surface area contributed by atoms with Gasteiger partial charge in [0.05, 0.1) is 47.2 Å². The Bertz CT molecular complexity index is 1900. The molecule has 0 spiro atoms. The van der Waals surface area contributed by atoms with Crippen molar-refractivity contribution in [3.8, 4) is 17.2 Å². The lowest BCUT2D eigenvalue weighted by atomic mass is 9.96. The van der Waals surface area contributed by atoms with Gasteiger partial charge in [-0.1, -0.05) is 47.2 Å². The van der Waals surface area contributed by atoms with E-state index in [-0.39, 0.29) is 29.4 Å². The van der Waals surface area contributed by atoms with Crippen molar-refractivity contribution in [1.29, 1.82) is 0 Å². The van der Waals surface area contributed by atoms with E-state index in [0.29, 0.717) is 55.6 Å². The van der Waals surface area contributed by atoms with Crippen molar-refractivity contribution in [3.63, 3.8) is 0 Å². The third kappa shape index (κ3) is 6.27. The molecule has 1 atom stereocenters. The van der Waals surface area contributed by atoms with Crippen molar-refractivity contribution in [2.75, 3.05) is 20.3 Å². The number of benzene rings is 3. The third-order valence-electron chi connectivity index (χ3n) is 6.95. The third-order valence-corrected chi connectivity index (χ3v) is 8.28. The van der Waals surface area contributed by atoms with Crippen LogP contribution >= 0.6 is 22.9 Å². The van der Waals surface area contributed by atoms with Gasteiger partial charge in [0.15, 0.2) is 16.3 Å². The van der Waals surface area contributed by atoms with Crippen LogP contribution in [0.15, 0.2) is 81.7 Å². The summed E-state index contributed by atoms with van der Waals surface area (Å²) in [6, 6.07) is 16.1. The van der Waals surface area contributed by atoms with Gasteiger partial charge >= 0.3 is 5.97 Å². The first-order valence-corrected chi connectivity index (χ1v) is 15.1. The number of aromatic nitrogens is 1. The van der Waals surface area contributed by atoms with Gasteiger partial charge in [-0.25, -0.2) is 14.2 Å². The number of ether oxygens (including phenoxy) is 4. The average molecular weight is 637 g/mol. The van der Waals surface area contributed by atoms with Crippen LogP contribution in [0.5, 0.6) is 17.2 Å². The Labute approximate surface area is 262 Å². The fourth-order valence-corrected chi connectivity index (χ4v) is 6.13. The van der Waals surface area contributed by atoms with E-state index < -0.39 is 17.8 Å². The normalized spacial score (nSPS) is 14.6. The van der Waals surface area contributed by atoms with E-state index in [4.69, 9.17) is 30.5 Å². The molecule has 11 heteroatoms. The van der Waals surface area contributed by atoms with E-state index in [2.05, 4.69) is 4.99 Å². The summed E-state index contributed by atoms with van der Waals surface area (Å²) in [5.74, 6) is 0.486. The molecule has 1 aliphatic rings. The van der Waals surface area contributed by atoms with Crippen LogP contribution in [0.25, 0.3) is 6.08 Å². The van der Waals surface area contributed by atoms with Crippen LogP contribution in [-0.4, -0.2) is 30.9 Å². The highest BCUT2D eigenvalue weighted by atomic mass is 35.5. The predicted octanol–water partition coefficient (Wildman–Crippen LogP) is 5.58. The van der Waals surface area contributed by atoms with Gasteiger partial charge in [-0.2, -0.15) is 0 Å². The Morgan fingerprint density at radius 1 is 1.07 bits per heavy atom. The van der Waals surface area contributed by atoms with Gasteiger partial charge in [0.25, 0.3) is 5.56 Å². The van der Waals surface area contributed by atoms with Crippen LogP contribution in [0.1, 0.15) is 43.5 Å². The Balaban J connectivity index is 1.55. The minimum Gasteiger partial charge on any atom is -0.497 e. The SMILES string of the molecule is CCOC(=O)C1=C(C)N=c2sc(=Cc3ccc(OCc4c(F)cccc4Cl)c(OCC)c3)c(=O)n2C1c1ccc(OC)cc1. The van der Waals surface area contributed by atoms with E-state index in [1.54, 1.807) is 63.4 Å². The zero-order valence-electron chi connectivity index (χ0n) is 24.6. The van der Waals surface area contributed by atoms with E-state index >= 15 is 0 Å². The van der Waals surface area contributed by atoms with Gasteiger partial charge in [-0.05, 0) is 74.4 Å². The van der Waals surface area contributed by atoms with E-state index in [1.807, 2.05) is 19.1 Å². The molecule has 0 radical (unpaired) electrons. The first-order valence-electron chi connectivity index (χ1n) is 13.9. The zero-order valence-corrected chi connectivity index (χ0v) is 26.1. The number of carbonyl (C=O) groups is 1. The maximum Gasteiger partial charge on any atom is 0.338 e. The summed E-state index contributed by atoms with van der Waals surface area (Å²) in [5, 5.41) is 0.268. The van der Waals surface area contributed by atoms with Gasteiger partial charge in [0, 0.05) is 5.56 Å². The summed E-state index contributed by atoms with van der Waals surface area (Å²) in [5.41, 5.74) is 2.10. The summed E-state index contributed by atoms with van der Waals surface area (Å²) < 4.78 is 38.6. The Kier molecular flexibility index (Phi) is 9.51. The number of hydrogen-bond donors (Lipinski definition) is 0. The lowest BCUT2D eigenvalue weighted by Crippen LogP contribution is -2.39. The summed E-state index contributed by atoms with van der Waals surface area (Å²) in [6.07, 6.45) is 1.73. The maximum atomic E-state index is 14.3. The van der Waals surface area contributed by atoms with Crippen molar-refractivity contribution in [1.82, 2.24) is 4.57 Å². The van der Waals surface area contributed by atoms with Crippen LogP contribution in [0.3, 0.4) is 0 Å². The van der Waals surface area contributed by atoms with Crippen molar-refractivity contribution in [2.45, 2.75) is 33.4 Å². The number of thiazole rings is 1. The molecule has 1 unspecified atom stereocenters. The highest BCUT2D eigenvalue weighted by Crippen LogP contribution is 2.33. The van der Waals surface area contributed by atoms with Gasteiger partial charge in [0.2, 0.25) is 0 Å². The Morgan fingerprint density at radius 3 is 2.52 bits per heavy atom. The van der Waals surface area contributed by atoms with Crippen LogP contribution in [0.2, 0.25) is 5.02 Å². The average Bonchev–Trinajstić information content (AvgIpc) is 3.31. The fourth-order valence-electron chi connectivity index (χ4n) is 4.87. The predicted molar refractivity (Wildman–Crippen MR) is 167 cm³/mol. The lowest BCUT2D eigenvalue weighted by molar-refractivity contribution is -0.139. The Morgan fingerprint density at radius 2 is 1.84 bits per heavy atom.